The van der Waals surface area contributed by atoms with Crippen molar-refractivity contribution in [2.45, 2.75) is 18.5 Å². The molecule has 3 nitrogen and oxygen atoms in total. The van der Waals surface area contributed by atoms with E-state index in [1.165, 1.54) is 17.3 Å². The van der Waals surface area contributed by atoms with Gasteiger partial charge in [-0.1, -0.05) is 60.3 Å². The van der Waals surface area contributed by atoms with Crippen LogP contribution in [0.4, 0.5) is 0 Å². The number of thioether (sulfide) groups is 1. The first-order chi connectivity index (χ1) is 11.2. The molecule has 0 fully saturated rings. The summed E-state index contributed by atoms with van der Waals surface area (Å²) in [5.41, 5.74) is 3.30. The second-order valence-electron chi connectivity index (χ2n) is 5.33. The first-order valence-electron chi connectivity index (χ1n) is 7.52. The largest absolute Gasteiger partial charge is 0.351 e. The smallest absolute Gasteiger partial charge is 0.230 e. The van der Waals surface area contributed by atoms with Crippen molar-refractivity contribution >= 4 is 28.6 Å². The summed E-state index contributed by atoms with van der Waals surface area (Å²) in [6.45, 7) is 2.62. The van der Waals surface area contributed by atoms with E-state index >= 15 is 0 Å². The van der Waals surface area contributed by atoms with Crippen LogP contribution < -0.4 is 5.32 Å². The van der Waals surface area contributed by atoms with Gasteiger partial charge in [0.05, 0.1) is 16.3 Å². The van der Waals surface area contributed by atoms with Crippen molar-refractivity contribution < 1.29 is 4.79 Å². The number of aromatic nitrogens is 1. The predicted molar refractivity (Wildman–Crippen MR) is 95.5 cm³/mol. The van der Waals surface area contributed by atoms with E-state index in [0.29, 0.717) is 12.3 Å². The zero-order valence-corrected chi connectivity index (χ0v) is 13.8. The number of nitrogens with one attached hydrogen (secondary N) is 1. The van der Waals surface area contributed by atoms with Crippen molar-refractivity contribution in [3.8, 4) is 0 Å². The standard InChI is InChI=1S/C19H18N2OS/c1-14-6-2-3-8-16(14)12-20-18(22)13-23-19-11-10-15-7-4-5-9-17(15)21-19/h2-11H,12-13H2,1H3,(H,20,22). The van der Waals surface area contributed by atoms with Crippen molar-refractivity contribution in [1.29, 1.82) is 0 Å². The Kier molecular flexibility index (Phi) is 4.93. The molecule has 1 aromatic heterocycles. The monoisotopic (exact) mass is 322 g/mol. The van der Waals surface area contributed by atoms with Crippen LogP contribution in [0, 0.1) is 6.92 Å². The third-order valence-corrected chi connectivity index (χ3v) is 4.59. The summed E-state index contributed by atoms with van der Waals surface area (Å²) in [7, 11) is 0. The van der Waals surface area contributed by atoms with Crippen LogP contribution in [-0.4, -0.2) is 16.6 Å². The van der Waals surface area contributed by atoms with E-state index in [9.17, 15) is 4.79 Å². The number of para-hydroxylation sites is 1. The number of nitrogens with zero attached hydrogens (tertiary/aromatic N) is 1. The molecule has 1 amide bonds. The lowest BCUT2D eigenvalue weighted by molar-refractivity contribution is -0.118. The van der Waals surface area contributed by atoms with Crippen molar-refractivity contribution in [2.75, 3.05) is 5.75 Å². The molecule has 1 N–H and O–H groups in total. The molecule has 0 aliphatic heterocycles. The van der Waals surface area contributed by atoms with Crippen LogP contribution in [0.3, 0.4) is 0 Å². The van der Waals surface area contributed by atoms with Crippen molar-refractivity contribution in [1.82, 2.24) is 10.3 Å². The fourth-order valence-electron chi connectivity index (χ4n) is 2.32. The lowest BCUT2D eigenvalue weighted by Gasteiger charge is -2.08. The van der Waals surface area contributed by atoms with Crippen LogP contribution in [-0.2, 0) is 11.3 Å². The third-order valence-electron chi connectivity index (χ3n) is 3.66. The summed E-state index contributed by atoms with van der Waals surface area (Å²) in [4.78, 5) is 16.6. The Balaban J connectivity index is 1.54. The third kappa shape index (κ3) is 4.11. The number of carbonyl (C=O) groups excluding carboxylic acids is 1. The van der Waals surface area contributed by atoms with E-state index in [2.05, 4.69) is 23.3 Å². The highest BCUT2D eigenvalue weighted by molar-refractivity contribution is 7.99. The molecule has 23 heavy (non-hydrogen) atoms. The van der Waals surface area contributed by atoms with Gasteiger partial charge in [-0.05, 0) is 30.2 Å². The average molecular weight is 322 g/mol. The molecule has 2 aromatic carbocycles. The molecular weight excluding hydrogens is 304 g/mol. The zero-order chi connectivity index (χ0) is 16.1. The number of carbonyl (C=O) groups is 1. The number of aryl methyl sites for hydroxylation is 1. The van der Waals surface area contributed by atoms with Crippen molar-refractivity contribution in [3.05, 3.63) is 71.8 Å². The Labute approximate surface area is 140 Å². The minimum Gasteiger partial charge on any atom is -0.351 e. The van der Waals surface area contributed by atoms with Gasteiger partial charge >= 0.3 is 0 Å². The molecule has 0 atom stereocenters. The van der Waals surface area contributed by atoms with Gasteiger partial charge in [-0.25, -0.2) is 4.98 Å². The van der Waals surface area contributed by atoms with Gasteiger partial charge in [-0.2, -0.15) is 0 Å². The SMILES string of the molecule is Cc1ccccc1CNC(=O)CSc1ccc2ccccc2n1. The molecule has 1 heterocycles. The van der Waals surface area contributed by atoms with Crippen LogP contribution >= 0.6 is 11.8 Å². The fourth-order valence-corrected chi connectivity index (χ4v) is 3.03. The summed E-state index contributed by atoms with van der Waals surface area (Å²) < 4.78 is 0. The molecule has 0 spiro atoms. The van der Waals surface area contributed by atoms with Crippen LogP contribution in [0.5, 0.6) is 0 Å². The van der Waals surface area contributed by atoms with Gasteiger partial charge in [0.25, 0.3) is 0 Å². The van der Waals surface area contributed by atoms with Gasteiger partial charge in [0.2, 0.25) is 5.91 Å². The average Bonchev–Trinajstić information content (AvgIpc) is 2.59. The molecule has 116 valence electrons. The summed E-state index contributed by atoms with van der Waals surface area (Å²) >= 11 is 1.46. The highest BCUT2D eigenvalue weighted by Gasteiger charge is 2.05. The fraction of sp³-hybridized carbons (Fsp3) is 0.158. The molecule has 0 saturated heterocycles. The molecule has 4 heteroatoms. The van der Waals surface area contributed by atoms with Gasteiger partial charge in [0, 0.05) is 11.9 Å². The summed E-state index contributed by atoms with van der Waals surface area (Å²) in [5, 5.41) is 4.94. The van der Waals surface area contributed by atoms with Gasteiger partial charge < -0.3 is 5.32 Å². The minimum atomic E-state index is 0.0215. The number of pyridine rings is 1. The van der Waals surface area contributed by atoms with Crippen molar-refractivity contribution in [3.63, 3.8) is 0 Å². The van der Waals surface area contributed by atoms with Gasteiger partial charge in [-0.3, -0.25) is 4.79 Å². The molecule has 0 saturated carbocycles. The van der Waals surface area contributed by atoms with E-state index in [4.69, 9.17) is 0 Å². The summed E-state index contributed by atoms with van der Waals surface area (Å²) in [6, 6.07) is 20.1. The maximum absolute atomic E-state index is 12.0. The van der Waals surface area contributed by atoms with Crippen LogP contribution in [0.15, 0.2) is 65.7 Å². The van der Waals surface area contributed by atoms with E-state index in [1.54, 1.807) is 0 Å². The molecule has 0 unspecified atom stereocenters. The Morgan fingerprint density at radius 3 is 2.70 bits per heavy atom. The Morgan fingerprint density at radius 1 is 1.04 bits per heavy atom. The van der Waals surface area contributed by atoms with E-state index in [-0.39, 0.29) is 5.91 Å². The zero-order valence-electron chi connectivity index (χ0n) is 13.0. The minimum absolute atomic E-state index is 0.0215. The number of amides is 1. The second-order valence-corrected chi connectivity index (χ2v) is 6.33. The molecule has 0 aliphatic carbocycles. The first-order valence-corrected chi connectivity index (χ1v) is 8.51. The number of hydrogen-bond donors (Lipinski definition) is 1. The highest BCUT2D eigenvalue weighted by atomic mass is 32.2. The lowest BCUT2D eigenvalue weighted by Crippen LogP contribution is -2.24. The first kappa shape index (κ1) is 15.6. The number of rotatable bonds is 5. The van der Waals surface area contributed by atoms with E-state index in [1.807, 2.05) is 54.6 Å². The summed E-state index contributed by atoms with van der Waals surface area (Å²) in [6.07, 6.45) is 0. The quantitative estimate of drug-likeness (QED) is 0.723. The maximum Gasteiger partial charge on any atom is 0.230 e. The van der Waals surface area contributed by atoms with E-state index < -0.39 is 0 Å². The normalized spacial score (nSPS) is 10.7. The highest BCUT2D eigenvalue weighted by Crippen LogP contribution is 2.19. The van der Waals surface area contributed by atoms with Crippen LogP contribution in [0.25, 0.3) is 10.9 Å². The number of fused-ring (bicyclic) bond motifs is 1. The molecule has 3 rings (SSSR count). The Hall–Kier alpha value is -2.33. The molecular formula is C19H18N2OS. The number of benzene rings is 2. The van der Waals surface area contributed by atoms with E-state index in [0.717, 1.165) is 21.5 Å². The van der Waals surface area contributed by atoms with Gasteiger partial charge in [-0.15, -0.1) is 0 Å². The summed E-state index contributed by atoms with van der Waals surface area (Å²) in [5.74, 6) is 0.394. The van der Waals surface area contributed by atoms with Gasteiger partial charge in [0.1, 0.15) is 0 Å². The molecule has 0 radical (unpaired) electrons. The Bertz CT molecular complexity index is 832. The van der Waals surface area contributed by atoms with Crippen LogP contribution in [0.1, 0.15) is 11.1 Å². The number of hydrogen-bond acceptors (Lipinski definition) is 3. The lowest BCUT2D eigenvalue weighted by atomic mass is 10.1. The molecule has 0 bridgehead atoms. The van der Waals surface area contributed by atoms with Gasteiger partial charge in [0.15, 0.2) is 0 Å². The topological polar surface area (TPSA) is 42.0 Å². The molecule has 0 aliphatic rings. The second kappa shape index (κ2) is 7.29. The van der Waals surface area contributed by atoms with Crippen LogP contribution in [0.2, 0.25) is 0 Å². The molecule has 3 aromatic rings. The Morgan fingerprint density at radius 2 is 1.83 bits per heavy atom. The predicted octanol–water partition coefficient (Wildman–Crippen LogP) is 3.95. The maximum atomic E-state index is 12.0. The van der Waals surface area contributed by atoms with Crippen molar-refractivity contribution in [2.24, 2.45) is 0 Å².